The molecule has 0 bridgehead atoms. The summed E-state index contributed by atoms with van der Waals surface area (Å²) in [7, 11) is 0. The van der Waals surface area contributed by atoms with Crippen LogP contribution >= 0.6 is 11.3 Å². The first-order valence-corrected chi connectivity index (χ1v) is 17.3. The van der Waals surface area contributed by atoms with Gasteiger partial charge in [0.2, 0.25) is 5.89 Å². The number of hydrogen-bond acceptors (Lipinski definition) is 6. The highest BCUT2D eigenvalue weighted by Crippen LogP contribution is 2.44. The number of nitrogens with zero attached hydrogens (tertiary/aromatic N) is 4. The second-order valence-electron chi connectivity index (χ2n) is 12.3. The summed E-state index contributed by atoms with van der Waals surface area (Å²) in [6.45, 7) is 0. The van der Waals surface area contributed by atoms with Crippen LogP contribution in [0.1, 0.15) is 0 Å². The predicted octanol–water partition coefficient (Wildman–Crippen LogP) is 11.9. The Labute approximate surface area is 291 Å². The van der Waals surface area contributed by atoms with Crippen molar-refractivity contribution in [3.63, 3.8) is 0 Å². The van der Waals surface area contributed by atoms with Gasteiger partial charge >= 0.3 is 0 Å². The van der Waals surface area contributed by atoms with Gasteiger partial charge in [-0.1, -0.05) is 115 Å². The van der Waals surface area contributed by atoms with Gasteiger partial charge in [-0.3, -0.25) is 0 Å². The lowest BCUT2D eigenvalue weighted by molar-refractivity contribution is 0.620. The zero-order valence-corrected chi connectivity index (χ0v) is 27.4. The zero-order valence-electron chi connectivity index (χ0n) is 26.6. The minimum atomic E-state index is 0.629. The van der Waals surface area contributed by atoms with Gasteiger partial charge in [0.15, 0.2) is 23.1 Å². The van der Waals surface area contributed by atoms with E-state index in [1.807, 2.05) is 91.0 Å². The third-order valence-electron chi connectivity index (χ3n) is 9.14. The maximum atomic E-state index is 6.25. The second kappa shape index (κ2) is 11.6. The topological polar surface area (TPSA) is 64.7 Å². The number of thiophene rings is 1. The molecule has 0 radical (unpaired) electrons. The molecular formula is C44H26N4OS. The molecule has 0 N–H and O–H groups in total. The van der Waals surface area contributed by atoms with Crippen LogP contribution in [0.4, 0.5) is 0 Å². The molecule has 3 heterocycles. The molecular weight excluding hydrogens is 633 g/mol. The highest BCUT2D eigenvalue weighted by molar-refractivity contribution is 7.26. The fourth-order valence-corrected chi connectivity index (χ4v) is 7.91. The van der Waals surface area contributed by atoms with Gasteiger partial charge in [-0.25, -0.2) is 19.9 Å². The standard InChI is InChI=1S/C44H26N4OS/c1-4-13-27(14-5-1)41-46-42(28-15-6-2-7-16-28)48-43(47-41)34-24-31(23-30-19-10-11-20-32(30)34)33-21-12-22-38-40(33)35-25-36-37(26-39(35)50-38)49-44(45-36)29-17-8-3-9-18-29/h1-26H. The molecule has 0 spiro atoms. The molecule has 0 aliphatic heterocycles. The van der Waals surface area contributed by atoms with Crippen molar-refractivity contribution in [2.24, 2.45) is 0 Å². The van der Waals surface area contributed by atoms with Crippen molar-refractivity contribution in [1.82, 2.24) is 19.9 Å². The molecule has 0 aliphatic rings. The smallest absolute Gasteiger partial charge is 0.227 e. The molecule has 3 aromatic heterocycles. The van der Waals surface area contributed by atoms with E-state index in [0.717, 1.165) is 65.3 Å². The molecule has 7 aromatic carbocycles. The van der Waals surface area contributed by atoms with E-state index in [-0.39, 0.29) is 0 Å². The Kier molecular flexibility index (Phi) is 6.60. The summed E-state index contributed by atoms with van der Waals surface area (Å²) in [6, 6.07) is 54.1. The van der Waals surface area contributed by atoms with E-state index in [2.05, 4.69) is 66.7 Å². The first-order valence-electron chi connectivity index (χ1n) is 16.5. The normalized spacial score (nSPS) is 11.6. The minimum Gasteiger partial charge on any atom is -0.436 e. The molecule has 0 amide bonds. The summed E-state index contributed by atoms with van der Waals surface area (Å²) in [4.78, 5) is 20.1. The zero-order chi connectivity index (χ0) is 33.0. The van der Waals surface area contributed by atoms with E-state index in [1.165, 1.54) is 10.1 Å². The fourth-order valence-electron chi connectivity index (χ4n) is 6.77. The van der Waals surface area contributed by atoms with Crippen LogP contribution in [0, 0.1) is 0 Å². The predicted molar refractivity (Wildman–Crippen MR) is 205 cm³/mol. The SMILES string of the molecule is c1ccc(-c2nc(-c3ccccc3)nc(-c3cc(-c4cccc5sc6cc7oc(-c8ccccc8)nc7cc6c45)cc4ccccc34)n2)cc1. The van der Waals surface area contributed by atoms with Gasteiger partial charge in [0, 0.05) is 48.5 Å². The van der Waals surface area contributed by atoms with Crippen molar-refractivity contribution >= 4 is 53.4 Å². The lowest BCUT2D eigenvalue weighted by atomic mass is 9.93. The maximum absolute atomic E-state index is 6.25. The Hall–Kier alpha value is -6.50. The van der Waals surface area contributed by atoms with E-state index < -0.39 is 0 Å². The molecule has 0 saturated heterocycles. The van der Waals surface area contributed by atoms with Crippen molar-refractivity contribution in [1.29, 1.82) is 0 Å². The average Bonchev–Trinajstić information content (AvgIpc) is 3.78. The van der Waals surface area contributed by atoms with Crippen molar-refractivity contribution < 1.29 is 4.42 Å². The Morgan fingerprint density at radius 2 is 1.06 bits per heavy atom. The Morgan fingerprint density at radius 3 is 1.78 bits per heavy atom. The van der Waals surface area contributed by atoms with E-state index in [0.29, 0.717) is 23.4 Å². The van der Waals surface area contributed by atoms with Gasteiger partial charge in [0.05, 0.1) is 0 Å². The van der Waals surface area contributed by atoms with Crippen molar-refractivity contribution in [3.05, 3.63) is 158 Å². The molecule has 234 valence electrons. The second-order valence-corrected chi connectivity index (χ2v) is 13.3. The van der Waals surface area contributed by atoms with E-state index in [1.54, 1.807) is 11.3 Å². The van der Waals surface area contributed by atoms with Crippen LogP contribution in [0.5, 0.6) is 0 Å². The summed E-state index contributed by atoms with van der Waals surface area (Å²) in [5.74, 6) is 2.54. The van der Waals surface area contributed by atoms with E-state index in [4.69, 9.17) is 24.4 Å². The minimum absolute atomic E-state index is 0.629. The fraction of sp³-hybridized carbons (Fsp3) is 0. The summed E-state index contributed by atoms with van der Waals surface area (Å²) in [5.41, 5.74) is 7.68. The Bertz CT molecular complexity index is 2810. The first-order chi connectivity index (χ1) is 24.7. The summed E-state index contributed by atoms with van der Waals surface area (Å²) in [6.07, 6.45) is 0. The average molecular weight is 659 g/mol. The summed E-state index contributed by atoms with van der Waals surface area (Å²) < 4.78 is 8.62. The number of rotatable bonds is 5. The lowest BCUT2D eigenvalue weighted by Crippen LogP contribution is -2.00. The van der Waals surface area contributed by atoms with Crippen LogP contribution in [-0.2, 0) is 0 Å². The first kappa shape index (κ1) is 28.5. The summed E-state index contributed by atoms with van der Waals surface area (Å²) in [5, 5.41) is 4.56. The molecule has 0 atom stereocenters. The van der Waals surface area contributed by atoms with Gasteiger partial charge in [-0.2, -0.15) is 0 Å². The van der Waals surface area contributed by atoms with Crippen LogP contribution in [0.2, 0.25) is 0 Å². The third kappa shape index (κ3) is 4.85. The number of fused-ring (bicyclic) bond motifs is 5. The molecule has 10 rings (SSSR count). The number of oxazole rings is 1. The van der Waals surface area contributed by atoms with Crippen molar-refractivity contribution in [3.8, 4) is 56.7 Å². The molecule has 0 aliphatic carbocycles. The lowest BCUT2D eigenvalue weighted by Gasteiger charge is -2.13. The van der Waals surface area contributed by atoms with Gasteiger partial charge in [-0.05, 0) is 58.3 Å². The molecule has 50 heavy (non-hydrogen) atoms. The van der Waals surface area contributed by atoms with Gasteiger partial charge in [-0.15, -0.1) is 11.3 Å². The largest absolute Gasteiger partial charge is 0.436 e. The van der Waals surface area contributed by atoms with Gasteiger partial charge < -0.3 is 4.42 Å². The Morgan fingerprint density at radius 1 is 0.420 bits per heavy atom. The Balaban J connectivity index is 1.20. The number of benzene rings is 7. The molecule has 0 fully saturated rings. The van der Waals surface area contributed by atoms with Crippen molar-refractivity contribution in [2.75, 3.05) is 0 Å². The number of aromatic nitrogens is 4. The molecule has 0 saturated carbocycles. The van der Waals surface area contributed by atoms with Crippen molar-refractivity contribution in [2.45, 2.75) is 0 Å². The van der Waals surface area contributed by atoms with Gasteiger partial charge in [0.1, 0.15) is 5.52 Å². The van der Waals surface area contributed by atoms with Crippen LogP contribution in [-0.4, -0.2) is 19.9 Å². The quantitative estimate of drug-likeness (QED) is 0.184. The van der Waals surface area contributed by atoms with Crippen LogP contribution in [0.25, 0.3) is 98.8 Å². The highest BCUT2D eigenvalue weighted by Gasteiger charge is 2.19. The molecule has 0 unspecified atom stereocenters. The summed E-state index contributed by atoms with van der Waals surface area (Å²) >= 11 is 1.77. The van der Waals surface area contributed by atoms with Gasteiger partial charge in [0.25, 0.3) is 0 Å². The van der Waals surface area contributed by atoms with Crippen LogP contribution in [0.15, 0.2) is 162 Å². The monoisotopic (exact) mass is 658 g/mol. The third-order valence-corrected chi connectivity index (χ3v) is 10.3. The van der Waals surface area contributed by atoms with Crippen LogP contribution in [0.3, 0.4) is 0 Å². The number of hydrogen-bond donors (Lipinski definition) is 0. The van der Waals surface area contributed by atoms with E-state index in [9.17, 15) is 0 Å². The molecule has 10 aromatic rings. The maximum Gasteiger partial charge on any atom is 0.227 e. The van der Waals surface area contributed by atoms with E-state index >= 15 is 0 Å². The molecule has 5 nitrogen and oxygen atoms in total. The highest BCUT2D eigenvalue weighted by atomic mass is 32.1. The molecule has 6 heteroatoms. The van der Waals surface area contributed by atoms with Crippen LogP contribution < -0.4 is 0 Å².